The molecule has 0 fully saturated rings. The summed E-state index contributed by atoms with van der Waals surface area (Å²) in [6, 6.07) is 9.08. The van der Waals surface area contributed by atoms with E-state index >= 15 is 0 Å². The number of halogens is 1. The summed E-state index contributed by atoms with van der Waals surface area (Å²) in [5.41, 5.74) is 8.82. The van der Waals surface area contributed by atoms with E-state index < -0.39 is 0 Å². The Morgan fingerprint density at radius 3 is 2.95 bits per heavy atom. The molecule has 0 aliphatic carbocycles. The van der Waals surface area contributed by atoms with E-state index in [1.165, 1.54) is 0 Å². The number of rotatable bonds is 4. The lowest BCUT2D eigenvalue weighted by molar-refractivity contribution is 0.0949. The first-order valence-electron chi connectivity index (χ1n) is 6.37. The maximum Gasteiger partial charge on any atom is 0.252 e. The van der Waals surface area contributed by atoms with E-state index in [-0.39, 0.29) is 5.91 Å². The molecule has 5 heteroatoms. The van der Waals surface area contributed by atoms with Crippen molar-refractivity contribution in [3.63, 3.8) is 0 Å². The van der Waals surface area contributed by atoms with Gasteiger partial charge in [-0.1, -0.05) is 13.0 Å². The van der Waals surface area contributed by atoms with Gasteiger partial charge in [0.1, 0.15) is 0 Å². The van der Waals surface area contributed by atoms with Gasteiger partial charge in [-0.3, -0.25) is 9.78 Å². The highest BCUT2D eigenvalue weighted by Crippen LogP contribution is 2.19. The van der Waals surface area contributed by atoms with E-state index in [2.05, 4.69) is 33.2 Å². The van der Waals surface area contributed by atoms with E-state index in [1.54, 1.807) is 24.4 Å². The number of aryl methyl sites for hydroxylation is 1. The van der Waals surface area contributed by atoms with E-state index in [0.717, 1.165) is 22.2 Å². The van der Waals surface area contributed by atoms with Crippen LogP contribution in [0.1, 0.15) is 28.5 Å². The first-order chi connectivity index (χ1) is 9.61. The van der Waals surface area contributed by atoms with Gasteiger partial charge in [0.05, 0.1) is 17.8 Å². The number of nitrogen functional groups attached to an aromatic ring is 1. The molecule has 1 aromatic heterocycles. The molecule has 0 spiro atoms. The fourth-order valence-corrected chi connectivity index (χ4v) is 2.36. The molecule has 0 aliphatic rings. The molecule has 1 amide bonds. The number of anilines is 1. The van der Waals surface area contributed by atoms with Crippen LogP contribution in [0.2, 0.25) is 0 Å². The van der Waals surface area contributed by atoms with Crippen molar-refractivity contribution in [3.8, 4) is 0 Å². The maximum absolute atomic E-state index is 12.2. The minimum absolute atomic E-state index is 0.170. The van der Waals surface area contributed by atoms with Gasteiger partial charge in [0.25, 0.3) is 5.91 Å². The summed E-state index contributed by atoms with van der Waals surface area (Å²) >= 11 is 3.35. The molecule has 2 rings (SSSR count). The number of pyridine rings is 1. The van der Waals surface area contributed by atoms with Gasteiger partial charge in [0.15, 0.2) is 0 Å². The van der Waals surface area contributed by atoms with Crippen molar-refractivity contribution in [2.45, 2.75) is 19.9 Å². The molecule has 2 aromatic rings. The van der Waals surface area contributed by atoms with Crippen molar-refractivity contribution in [1.29, 1.82) is 0 Å². The van der Waals surface area contributed by atoms with Crippen LogP contribution >= 0.6 is 15.9 Å². The summed E-state index contributed by atoms with van der Waals surface area (Å²) in [6.07, 6.45) is 2.62. The summed E-state index contributed by atoms with van der Waals surface area (Å²) in [7, 11) is 0. The average Bonchev–Trinajstić information content (AvgIpc) is 2.47. The zero-order chi connectivity index (χ0) is 14.5. The van der Waals surface area contributed by atoms with E-state index in [4.69, 9.17) is 5.73 Å². The SMILES string of the molecule is CCc1cccnc1CNC(=O)c1cc(N)ccc1Br. The number of benzene rings is 1. The molecular formula is C15H16BrN3O. The molecule has 104 valence electrons. The highest BCUT2D eigenvalue weighted by Gasteiger charge is 2.11. The van der Waals surface area contributed by atoms with Gasteiger partial charge < -0.3 is 11.1 Å². The van der Waals surface area contributed by atoms with Crippen molar-refractivity contribution in [3.05, 3.63) is 57.8 Å². The smallest absolute Gasteiger partial charge is 0.252 e. The third kappa shape index (κ3) is 3.36. The average molecular weight is 334 g/mol. The van der Waals surface area contributed by atoms with Crippen LogP contribution in [-0.4, -0.2) is 10.9 Å². The molecule has 0 bridgehead atoms. The van der Waals surface area contributed by atoms with Crippen LogP contribution in [0.4, 0.5) is 5.69 Å². The molecule has 0 saturated heterocycles. The molecule has 0 saturated carbocycles. The zero-order valence-corrected chi connectivity index (χ0v) is 12.8. The van der Waals surface area contributed by atoms with Crippen molar-refractivity contribution in [2.24, 2.45) is 0 Å². The molecule has 4 nitrogen and oxygen atoms in total. The number of aromatic nitrogens is 1. The van der Waals surface area contributed by atoms with Gasteiger partial charge in [-0.25, -0.2) is 0 Å². The standard InChI is InChI=1S/C15H16BrN3O/c1-2-10-4-3-7-18-14(10)9-19-15(20)12-8-11(17)5-6-13(12)16/h3-8H,2,9,17H2,1H3,(H,19,20). The van der Waals surface area contributed by atoms with Gasteiger partial charge >= 0.3 is 0 Å². The van der Waals surface area contributed by atoms with Gasteiger partial charge in [0.2, 0.25) is 0 Å². The number of nitrogens with two attached hydrogens (primary N) is 1. The zero-order valence-electron chi connectivity index (χ0n) is 11.2. The summed E-state index contributed by atoms with van der Waals surface area (Å²) in [6.45, 7) is 2.47. The maximum atomic E-state index is 12.2. The Morgan fingerprint density at radius 1 is 1.40 bits per heavy atom. The Hall–Kier alpha value is -1.88. The molecular weight excluding hydrogens is 318 g/mol. The monoisotopic (exact) mass is 333 g/mol. The lowest BCUT2D eigenvalue weighted by Crippen LogP contribution is -2.24. The lowest BCUT2D eigenvalue weighted by atomic mass is 10.1. The highest BCUT2D eigenvalue weighted by atomic mass is 79.9. The van der Waals surface area contributed by atoms with E-state index in [0.29, 0.717) is 17.8 Å². The van der Waals surface area contributed by atoms with Gasteiger partial charge in [-0.05, 0) is 52.2 Å². The minimum atomic E-state index is -0.170. The molecule has 0 unspecified atom stereocenters. The van der Waals surface area contributed by atoms with Crippen molar-refractivity contribution in [2.75, 3.05) is 5.73 Å². The third-order valence-electron chi connectivity index (χ3n) is 3.02. The minimum Gasteiger partial charge on any atom is -0.399 e. The van der Waals surface area contributed by atoms with Crippen LogP contribution in [-0.2, 0) is 13.0 Å². The van der Waals surface area contributed by atoms with Crippen LogP contribution in [0.15, 0.2) is 41.0 Å². The number of nitrogens with one attached hydrogen (secondary N) is 1. The second-order valence-electron chi connectivity index (χ2n) is 4.38. The van der Waals surface area contributed by atoms with Crippen molar-refractivity contribution < 1.29 is 4.79 Å². The summed E-state index contributed by atoms with van der Waals surface area (Å²) in [5, 5.41) is 2.87. The molecule has 0 aliphatic heterocycles. The molecule has 1 heterocycles. The summed E-state index contributed by atoms with van der Waals surface area (Å²) in [4.78, 5) is 16.5. The third-order valence-corrected chi connectivity index (χ3v) is 3.71. The number of amides is 1. The fourth-order valence-electron chi connectivity index (χ4n) is 1.93. The Bertz CT molecular complexity index is 628. The topological polar surface area (TPSA) is 68.0 Å². The van der Waals surface area contributed by atoms with Gasteiger partial charge in [-0.2, -0.15) is 0 Å². The normalized spacial score (nSPS) is 10.3. The quantitative estimate of drug-likeness (QED) is 0.845. The summed E-state index contributed by atoms with van der Waals surface area (Å²) in [5.74, 6) is -0.170. The van der Waals surface area contributed by atoms with Crippen LogP contribution in [0.25, 0.3) is 0 Å². The molecule has 1 aromatic carbocycles. The van der Waals surface area contributed by atoms with E-state index in [1.807, 2.05) is 12.1 Å². The summed E-state index contributed by atoms with van der Waals surface area (Å²) < 4.78 is 0.723. The Balaban J connectivity index is 2.11. The van der Waals surface area contributed by atoms with E-state index in [9.17, 15) is 4.79 Å². The molecule has 0 radical (unpaired) electrons. The first-order valence-corrected chi connectivity index (χ1v) is 7.17. The fraction of sp³-hybridized carbons (Fsp3) is 0.200. The highest BCUT2D eigenvalue weighted by molar-refractivity contribution is 9.10. The molecule has 0 atom stereocenters. The first kappa shape index (κ1) is 14.5. The van der Waals surface area contributed by atoms with Crippen LogP contribution in [0.5, 0.6) is 0 Å². The van der Waals surface area contributed by atoms with Crippen LogP contribution in [0.3, 0.4) is 0 Å². The van der Waals surface area contributed by atoms with Gasteiger partial charge in [-0.15, -0.1) is 0 Å². The predicted molar refractivity (Wildman–Crippen MR) is 83.3 cm³/mol. The number of carbonyl (C=O) groups is 1. The lowest BCUT2D eigenvalue weighted by Gasteiger charge is -2.09. The number of hydrogen-bond acceptors (Lipinski definition) is 3. The van der Waals surface area contributed by atoms with Crippen molar-refractivity contribution >= 4 is 27.5 Å². The largest absolute Gasteiger partial charge is 0.399 e. The Labute approximate surface area is 126 Å². The van der Waals surface area contributed by atoms with Crippen molar-refractivity contribution in [1.82, 2.24) is 10.3 Å². The second-order valence-corrected chi connectivity index (χ2v) is 5.24. The van der Waals surface area contributed by atoms with Gasteiger partial charge in [0, 0.05) is 16.4 Å². The molecule has 20 heavy (non-hydrogen) atoms. The van der Waals surface area contributed by atoms with Crippen LogP contribution in [0, 0.1) is 0 Å². The molecule has 3 N–H and O–H groups in total. The second kappa shape index (κ2) is 6.52. The predicted octanol–water partition coefficient (Wildman–Crippen LogP) is 2.92. The Morgan fingerprint density at radius 2 is 2.20 bits per heavy atom. The number of hydrogen-bond donors (Lipinski definition) is 2. The van der Waals surface area contributed by atoms with Crippen LogP contribution < -0.4 is 11.1 Å². The number of nitrogens with zero attached hydrogens (tertiary/aromatic N) is 1. The Kier molecular flexibility index (Phi) is 4.74. The number of carbonyl (C=O) groups excluding carboxylic acids is 1.